The molecule has 2 heteroatoms. The lowest BCUT2D eigenvalue weighted by atomic mass is 9.64. The summed E-state index contributed by atoms with van der Waals surface area (Å²) in [7, 11) is 0. The number of hydrogen-bond donors (Lipinski definition) is 0. The molecule has 2 nitrogen and oxygen atoms in total. The second kappa shape index (κ2) is 8.29. The highest BCUT2D eigenvalue weighted by atomic mass is 16.5. The van der Waals surface area contributed by atoms with Crippen LogP contribution < -0.4 is 0 Å². The van der Waals surface area contributed by atoms with Crippen molar-refractivity contribution in [2.24, 2.45) is 11.8 Å². The number of benzene rings is 2. The molecule has 0 spiro atoms. The molecule has 27 heavy (non-hydrogen) atoms. The van der Waals surface area contributed by atoms with E-state index in [1.807, 2.05) is 37.3 Å². The van der Waals surface area contributed by atoms with Crippen molar-refractivity contribution in [3.8, 4) is 0 Å². The molecule has 1 saturated carbocycles. The third-order valence-electron chi connectivity index (χ3n) is 6.42. The van der Waals surface area contributed by atoms with Crippen molar-refractivity contribution in [3.63, 3.8) is 0 Å². The predicted molar refractivity (Wildman–Crippen MR) is 111 cm³/mol. The molecule has 0 bridgehead atoms. The summed E-state index contributed by atoms with van der Waals surface area (Å²) in [4.78, 5) is 12.9. The standard InChI is InChI=1S/C25H32O2/c1-18-15-16-22(25(3,4)21-13-9-6-10-14-21)23(17-18)27-24(26)19(2)20-11-7-5-8-12-20/h5-14,18-19,22-23H,15-17H2,1-4H3/t18-,19-,22-,23-/m1/s1. The molecule has 1 aliphatic carbocycles. The minimum Gasteiger partial charge on any atom is -0.462 e. The molecule has 2 aromatic carbocycles. The van der Waals surface area contributed by atoms with Crippen molar-refractivity contribution in [1.82, 2.24) is 0 Å². The average Bonchev–Trinajstić information content (AvgIpc) is 2.68. The molecule has 3 rings (SSSR count). The SMILES string of the molecule is C[C@@H]1CC[C@@H](C(C)(C)c2ccccc2)[C@H](OC(=O)[C@H](C)c2ccccc2)C1. The Hall–Kier alpha value is -2.09. The van der Waals surface area contributed by atoms with E-state index in [4.69, 9.17) is 4.74 Å². The van der Waals surface area contributed by atoms with E-state index in [1.54, 1.807) is 0 Å². The molecule has 0 aromatic heterocycles. The Kier molecular flexibility index (Phi) is 6.04. The van der Waals surface area contributed by atoms with Gasteiger partial charge in [-0.3, -0.25) is 4.79 Å². The predicted octanol–water partition coefficient (Wildman–Crippen LogP) is 6.12. The number of rotatable bonds is 5. The first-order valence-electron chi connectivity index (χ1n) is 10.2. The van der Waals surface area contributed by atoms with Crippen molar-refractivity contribution in [3.05, 3.63) is 71.8 Å². The molecule has 4 atom stereocenters. The average molecular weight is 365 g/mol. The summed E-state index contributed by atoms with van der Waals surface area (Å²) in [5, 5.41) is 0. The molecule has 0 aliphatic heterocycles. The van der Waals surface area contributed by atoms with Crippen LogP contribution in [0.4, 0.5) is 0 Å². The molecular weight excluding hydrogens is 332 g/mol. The minimum absolute atomic E-state index is 0.0254. The molecular formula is C25H32O2. The van der Waals surface area contributed by atoms with Crippen LogP contribution in [0.15, 0.2) is 60.7 Å². The van der Waals surface area contributed by atoms with Crippen LogP contribution in [0.2, 0.25) is 0 Å². The molecule has 2 aromatic rings. The molecule has 0 amide bonds. The van der Waals surface area contributed by atoms with Gasteiger partial charge in [0, 0.05) is 5.92 Å². The van der Waals surface area contributed by atoms with Gasteiger partial charge >= 0.3 is 5.97 Å². The van der Waals surface area contributed by atoms with Gasteiger partial charge in [-0.1, -0.05) is 87.9 Å². The van der Waals surface area contributed by atoms with E-state index < -0.39 is 0 Å². The van der Waals surface area contributed by atoms with E-state index in [9.17, 15) is 4.79 Å². The van der Waals surface area contributed by atoms with Gasteiger partial charge in [-0.15, -0.1) is 0 Å². The van der Waals surface area contributed by atoms with Gasteiger partial charge in [-0.2, -0.15) is 0 Å². The van der Waals surface area contributed by atoms with E-state index >= 15 is 0 Å². The summed E-state index contributed by atoms with van der Waals surface area (Å²) in [6, 6.07) is 20.6. The minimum atomic E-state index is -0.232. The first-order valence-corrected chi connectivity index (χ1v) is 10.2. The summed E-state index contributed by atoms with van der Waals surface area (Å²) in [5.74, 6) is 0.596. The smallest absolute Gasteiger partial charge is 0.313 e. The van der Waals surface area contributed by atoms with Gasteiger partial charge in [-0.25, -0.2) is 0 Å². The summed E-state index contributed by atoms with van der Waals surface area (Å²) in [6.07, 6.45) is 3.22. The summed E-state index contributed by atoms with van der Waals surface area (Å²) < 4.78 is 6.16. The summed E-state index contributed by atoms with van der Waals surface area (Å²) in [5.41, 5.74) is 2.31. The molecule has 0 saturated heterocycles. The number of carbonyl (C=O) groups is 1. The Morgan fingerprint density at radius 3 is 2.22 bits per heavy atom. The van der Waals surface area contributed by atoms with E-state index in [0.29, 0.717) is 11.8 Å². The molecule has 0 radical (unpaired) electrons. The van der Waals surface area contributed by atoms with E-state index in [1.165, 1.54) is 12.0 Å². The van der Waals surface area contributed by atoms with Crippen molar-refractivity contribution < 1.29 is 9.53 Å². The number of esters is 1. The number of carbonyl (C=O) groups excluding carboxylic acids is 1. The van der Waals surface area contributed by atoms with E-state index in [-0.39, 0.29) is 23.4 Å². The maximum absolute atomic E-state index is 12.9. The first-order chi connectivity index (χ1) is 12.9. The highest BCUT2D eigenvalue weighted by Crippen LogP contribution is 2.44. The zero-order chi connectivity index (χ0) is 19.4. The lowest BCUT2D eigenvalue weighted by Crippen LogP contribution is -2.44. The zero-order valence-electron chi connectivity index (χ0n) is 17.0. The van der Waals surface area contributed by atoms with Crippen LogP contribution in [0, 0.1) is 11.8 Å². The summed E-state index contributed by atoms with van der Waals surface area (Å²) >= 11 is 0. The van der Waals surface area contributed by atoms with Crippen molar-refractivity contribution in [2.75, 3.05) is 0 Å². The van der Waals surface area contributed by atoms with Crippen molar-refractivity contribution in [2.45, 2.75) is 64.4 Å². The zero-order valence-corrected chi connectivity index (χ0v) is 17.0. The van der Waals surface area contributed by atoms with Gasteiger partial charge in [0.15, 0.2) is 0 Å². The highest BCUT2D eigenvalue weighted by Gasteiger charge is 2.42. The van der Waals surface area contributed by atoms with Crippen LogP contribution in [-0.4, -0.2) is 12.1 Å². The van der Waals surface area contributed by atoms with Crippen molar-refractivity contribution in [1.29, 1.82) is 0 Å². The Morgan fingerprint density at radius 1 is 1.00 bits per heavy atom. The quantitative estimate of drug-likeness (QED) is 0.598. The van der Waals surface area contributed by atoms with Crippen LogP contribution in [0.1, 0.15) is 64.0 Å². The number of hydrogen-bond acceptors (Lipinski definition) is 2. The normalized spacial score (nSPS) is 24.2. The highest BCUT2D eigenvalue weighted by molar-refractivity contribution is 5.77. The van der Waals surface area contributed by atoms with Gasteiger partial charge in [0.05, 0.1) is 5.92 Å². The van der Waals surface area contributed by atoms with Gasteiger partial charge in [-0.05, 0) is 42.2 Å². The second-order valence-corrected chi connectivity index (χ2v) is 8.72. The van der Waals surface area contributed by atoms with Gasteiger partial charge in [0.25, 0.3) is 0 Å². The Bertz CT molecular complexity index is 735. The van der Waals surface area contributed by atoms with Crippen LogP contribution in [0.3, 0.4) is 0 Å². The third-order valence-corrected chi connectivity index (χ3v) is 6.42. The van der Waals surface area contributed by atoms with Gasteiger partial charge < -0.3 is 4.74 Å². The van der Waals surface area contributed by atoms with Crippen molar-refractivity contribution >= 4 is 5.97 Å². The van der Waals surface area contributed by atoms with Crippen LogP contribution in [-0.2, 0) is 14.9 Å². The van der Waals surface area contributed by atoms with Crippen LogP contribution in [0.5, 0.6) is 0 Å². The maximum Gasteiger partial charge on any atom is 0.313 e. The van der Waals surface area contributed by atoms with E-state index in [0.717, 1.165) is 18.4 Å². The van der Waals surface area contributed by atoms with Crippen LogP contribution >= 0.6 is 0 Å². The topological polar surface area (TPSA) is 26.3 Å². The maximum atomic E-state index is 12.9. The fourth-order valence-electron chi connectivity index (χ4n) is 4.50. The molecule has 0 N–H and O–H groups in total. The first kappa shape index (κ1) is 19.7. The lowest BCUT2D eigenvalue weighted by Gasteiger charge is -2.44. The monoisotopic (exact) mass is 364 g/mol. The fourth-order valence-corrected chi connectivity index (χ4v) is 4.50. The molecule has 0 unspecified atom stereocenters. The summed E-state index contributed by atoms with van der Waals surface area (Å²) in [6.45, 7) is 8.81. The van der Waals surface area contributed by atoms with Gasteiger partial charge in [0.2, 0.25) is 0 Å². The van der Waals surface area contributed by atoms with Gasteiger partial charge in [0.1, 0.15) is 6.10 Å². The second-order valence-electron chi connectivity index (χ2n) is 8.72. The molecule has 1 fully saturated rings. The molecule has 1 aliphatic rings. The Balaban J connectivity index is 1.79. The van der Waals surface area contributed by atoms with Crippen LogP contribution in [0.25, 0.3) is 0 Å². The largest absolute Gasteiger partial charge is 0.462 e. The third kappa shape index (κ3) is 4.43. The fraction of sp³-hybridized carbons (Fsp3) is 0.480. The number of ether oxygens (including phenoxy) is 1. The molecule has 144 valence electrons. The Labute approximate surface area is 164 Å². The van der Waals surface area contributed by atoms with E-state index in [2.05, 4.69) is 51.1 Å². The lowest BCUT2D eigenvalue weighted by molar-refractivity contribution is -0.158. The Morgan fingerprint density at radius 2 is 1.59 bits per heavy atom. The molecule has 0 heterocycles.